The zero-order chi connectivity index (χ0) is 21.1. The predicted octanol–water partition coefficient (Wildman–Crippen LogP) is 4.07. The average Bonchev–Trinajstić information content (AvgIpc) is 2.77. The second kappa shape index (κ2) is 8.42. The fraction of sp³-hybridized carbons (Fsp3) is 0.208. The van der Waals surface area contributed by atoms with Gasteiger partial charge in [0, 0.05) is 24.3 Å². The first-order chi connectivity index (χ1) is 14.4. The molecule has 30 heavy (non-hydrogen) atoms. The Bertz CT molecular complexity index is 1170. The van der Waals surface area contributed by atoms with E-state index in [2.05, 4.69) is 10.8 Å². The van der Waals surface area contributed by atoms with Gasteiger partial charge in [0.25, 0.3) is 5.91 Å². The molecule has 3 aromatic rings. The van der Waals surface area contributed by atoms with Crippen molar-refractivity contribution in [3.05, 3.63) is 95.1 Å². The lowest BCUT2D eigenvalue weighted by Gasteiger charge is -2.30. The normalized spacial score (nSPS) is 13.7. The number of anilines is 1. The van der Waals surface area contributed by atoms with E-state index in [4.69, 9.17) is 0 Å². The molecular weight excluding hydrogens is 396 g/mol. The Morgan fingerprint density at radius 3 is 2.60 bits per heavy atom. The number of hydrogen-bond donors (Lipinski definition) is 1. The molecule has 1 amide bonds. The topological polar surface area (TPSA) is 66.5 Å². The van der Waals surface area contributed by atoms with Crippen molar-refractivity contribution in [1.82, 2.24) is 4.72 Å². The molecule has 0 aromatic heterocycles. The van der Waals surface area contributed by atoms with Gasteiger partial charge in [-0.05, 0) is 55.2 Å². The third-order valence-electron chi connectivity index (χ3n) is 5.30. The molecule has 0 radical (unpaired) electrons. The van der Waals surface area contributed by atoms with E-state index in [0.717, 1.165) is 29.7 Å². The van der Waals surface area contributed by atoms with Gasteiger partial charge in [0.15, 0.2) is 0 Å². The summed E-state index contributed by atoms with van der Waals surface area (Å²) in [5.41, 5.74) is 4.47. The first-order valence-corrected chi connectivity index (χ1v) is 11.5. The van der Waals surface area contributed by atoms with Crippen LogP contribution in [-0.4, -0.2) is 20.9 Å². The number of benzene rings is 3. The molecular formula is C24H24N2O3S. The van der Waals surface area contributed by atoms with E-state index < -0.39 is 10.0 Å². The Labute approximate surface area is 177 Å². The lowest BCUT2D eigenvalue weighted by Crippen LogP contribution is -2.35. The number of nitrogens with one attached hydrogen (secondary N) is 1. The number of nitrogens with zero attached hydrogens (tertiary/aromatic N) is 1. The van der Waals surface area contributed by atoms with Crippen LogP contribution in [0.3, 0.4) is 0 Å². The van der Waals surface area contributed by atoms with E-state index in [1.54, 1.807) is 17.0 Å². The first kappa shape index (κ1) is 20.3. The highest BCUT2D eigenvalue weighted by atomic mass is 32.2. The third kappa shape index (κ3) is 4.30. The van der Waals surface area contributed by atoms with Gasteiger partial charge in [-0.25, -0.2) is 13.1 Å². The number of aryl methyl sites for hydroxylation is 2. The van der Waals surface area contributed by atoms with Gasteiger partial charge in [0.05, 0.1) is 4.90 Å². The number of carbonyl (C=O) groups is 1. The van der Waals surface area contributed by atoms with Gasteiger partial charge in [-0.1, -0.05) is 54.1 Å². The van der Waals surface area contributed by atoms with Crippen LogP contribution in [0, 0.1) is 6.92 Å². The molecule has 0 bridgehead atoms. The van der Waals surface area contributed by atoms with E-state index in [1.807, 2.05) is 49.4 Å². The van der Waals surface area contributed by atoms with E-state index >= 15 is 0 Å². The Morgan fingerprint density at radius 1 is 1.00 bits per heavy atom. The van der Waals surface area contributed by atoms with Crippen LogP contribution >= 0.6 is 0 Å². The van der Waals surface area contributed by atoms with Crippen LogP contribution in [0.5, 0.6) is 0 Å². The molecule has 0 saturated heterocycles. The minimum Gasteiger partial charge on any atom is -0.308 e. The van der Waals surface area contributed by atoms with Gasteiger partial charge >= 0.3 is 0 Å². The Morgan fingerprint density at radius 2 is 1.80 bits per heavy atom. The highest BCUT2D eigenvalue weighted by Gasteiger charge is 2.25. The van der Waals surface area contributed by atoms with Crippen LogP contribution in [-0.2, 0) is 23.0 Å². The third-order valence-corrected chi connectivity index (χ3v) is 6.70. The quantitative estimate of drug-likeness (QED) is 0.677. The maximum atomic E-state index is 13.2. The largest absolute Gasteiger partial charge is 0.308 e. The van der Waals surface area contributed by atoms with E-state index in [0.29, 0.717) is 12.1 Å². The molecule has 1 aliphatic heterocycles. The standard InChI is InChI=1S/C24H24N2O3S/c1-18-12-13-23-20(15-18)10-6-14-26(23)24(27)21-9-5-11-22(16-21)30(28,29)25-17-19-7-3-2-4-8-19/h2-5,7-9,11-13,15-16,25H,6,10,14,17H2,1H3. The zero-order valence-electron chi connectivity index (χ0n) is 16.8. The van der Waals surface area contributed by atoms with Crippen molar-refractivity contribution in [3.8, 4) is 0 Å². The fourth-order valence-corrected chi connectivity index (χ4v) is 4.81. The molecule has 154 valence electrons. The van der Waals surface area contributed by atoms with Crippen molar-refractivity contribution in [3.63, 3.8) is 0 Å². The van der Waals surface area contributed by atoms with Gasteiger partial charge in [0.2, 0.25) is 10.0 Å². The van der Waals surface area contributed by atoms with E-state index in [-0.39, 0.29) is 17.3 Å². The van der Waals surface area contributed by atoms with Gasteiger partial charge in [0.1, 0.15) is 0 Å². The number of sulfonamides is 1. The van der Waals surface area contributed by atoms with Crippen LogP contribution < -0.4 is 9.62 Å². The van der Waals surface area contributed by atoms with E-state index in [1.165, 1.54) is 17.7 Å². The summed E-state index contributed by atoms with van der Waals surface area (Å²) >= 11 is 0. The molecule has 4 rings (SSSR count). The lowest BCUT2D eigenvalue weighted by atomic mass is 9.99. The maximum absolute atomic E-state index is 13.2. The lowest BCUT2D eigenvalue weighted by molar-refractivity contribution is 0.0985. The monoisotopic (exact) mass is 420 g/mol. The molecule has 0 saturated carbocycles. The number of hydrogen-bond acceptors (Lipinski definition) is 3. The second-order valence-electron chi connectivity index (χ2n) is 7.53. The van der Waals surface area contributed by atoms with Gasteiger partial charge in [-0.15, -0.1) is 0 Å². The van der Waals surface area contributed by atoms with Crippen molar-refractivity contribution in [1.29, 1.82) is 0 Å². The summed E-state index contributed by atoms with van der Waals surface area (Å²) in [7, 11) is -3.73. The SMILES string of the molecule is Cc1ccc2c(c1)CCCN2C(=O)c1cccc(S(=O)(=O)NCc2ccccc2)c1. The Kier molecular flexibility index (Phi) is 5.70. The van der Waals surface area contributed by atoms with Crippen LogP contribution in [0.1, 0.15) is 33.5 Å². The summed E-state index contributed by atoms with van der Waals surface area (Å²) in [6.07, 6.45) is 1.83. The fourth-order valence-electron chi connectivity index (χ4n) is 3.75. The maximum Gasteiger partial charge on any atom is 0.258 e. The molecule has 1 heterocycles. The zero-order valence-corrected chi connectivity index (χ0v) is 17.7. The van der Waals surface area contributed by atoms with Crippen LogP contribution in [0.4, 0.5) is 5.69 Å². The molecule has 0 spiro atoms. The highest BCUT2D eigenvalue weighted by Crippen LogP contribution is 2.29. The summed E-state index contributed by atoms with van der Waals surface area (Å²) in [4.78, 5) is 15.1. The molecule has 0 fully saturated rings. The van der Waals surface area contributed by atoms with Gasteiger partial charge in [-0.3, -0.25) is 4.79 Å². The molecule has 1 N–H and O–H groups in total. The second-order valence-corrected chi connectivity index (χ2v) is 9.30. The molecule has 6 heteroatoms. The molecule has 0 unspecified atom stereocenters. The average molecular weight is 421 g/mol. The molecule has 5 nitrogen and oxygen atoms in total. The molecule has 3 aromatic carbocycles. The number of carbonyl (C=O) groups excluding carboxylic acids is 1. The smallest absolute Gasteiger partial charge is 0.258 e. The molecule has 0 atom stereocenters. The van der Waals surface area contributed by atoms with Crippen LogP contribution in [0.2, 0.25) is 0 Å². The van der Waals surface area contributed by atoms with Crippen molar-refractivity contribution in [2.24, 2.45) is 0 Å². The highest BCUT2D eigenvalue weighted by molar-refractivity contribution is 7.89. The number of fused-ring (bicyclic) bond motifs is 1. The minimum absolute atomic E-state index is 0.0884. The summed E-state index contributed by atoms with van der Waals surface area (Å²) in [5.74, 6) is -0.181. The van der Waals surface area contributed by atoms with Crippen molar-refractivity contribution < 1.29 is 13.2 Å². The predicted molar refractivity (Wildman–Crippen MR) is 118 cm³/mol. The Hall–Kier alpha value is -2.96. The first-order valence-electron chi connectivity index (χ1n) is 9.99. The van der Waals surface area contributed by atoms with Crippen LogP contribution in [0.25, 0.3) is 0 Å². The number of amides is 1. The van der Waals surface area contributed by atoms with Gasteiger partial charge in [-0.2, -0.15) is 0 Å². The van der Waals surface area contributed by atoms with Crippen molar-refractivity contribution in [2.45, 2.75) is 31.2 Å². The van der Waals surface area contributed by atoms with Gasteiger partial charge < -0.3 is 4.90 Å². The summed E-state index contributed by atoms with van der Waals surface area (Å²) < 4.78 is 28.1. The molecule has 0 aliphatic carbocycles. The Balaban J connectivity index is 1.57. The summed E-state index contributed by atoms with van der Waals surface area (Å²) in [6, 6.07) is 21.7. The summed E-state index contributed by atoms with van der Waals surface area (Å²) in [6.45, 7) is 2.86. The minimum atomic E-state index is -3.73. The van der Waals surface area contributed by atoms with E-state index in [9.17, 15) is 13.2 Å². The van der Waals surface area contributed by atoms with Crippen LogP contribution in [0.15, 0.2) is 77.7 Å². The number of rotatable bonds is 5. The van der Waals surface area contributed by atoms with Crippen molar-refractivity contribution >= 4 is 21.6 Å². The molecule has 1 aliphatic rings. The summed E-state index contributed by atoms with van der Waals surface area (Å²) in [5, 5.41) is 0. The van der Waals surface area contributed by atoms with Crippen molar-refractivity contribution in [2.75, 3.05) is 11.4 Å².